The molecule has 1 N–H and O–H groups in total. The fourth-order valence-electron chi connectivity index (χ4n) is 2.89. The summed E-state index contributed by atoms with van der Waals surface area (Å²) in [4.78, 5) is 8.98. The van der Waals surface area contributed by atoms with Gasteiger partial charge in [0.1, 0.15) is 16.6 Å². The van der Waals surface area contributed by atoms with E-state index < -0.39 is 0 Å². The molecule has 2 heterocycles. The maximum absolute atomic E-state index is 9.59. The predicted octanol–water partition coefficient (Wildman–Crippen LogP) is 5.95. The highest BCUT2D eigenvalue weighted by atomic mass is 32.1. The number of hydrogen-bond acceptors (Lipinski definition) is 5. The number of thiazole rings is 1. The van der Waals surface area contributed by atoms with Crippen molar-refractivity contribution < 1.29 is 0 Å². The van der Waals surface area contributed by atoms with Gasteiger partial charge in [-0.3, -0.25) is 4.98 Å². The average Bonchev–Trinajstić information content (AvgIpc) is 3.20. The van der Waals surface area contributed by atoms with Crippen molar-refractivity contribution in [2.75, 3.05) is 5.32 Å². The van der Waals surface area contributed by atoms with Crippen LogP contribution in [0.25, 0.3) is 27.7 Å². The third kappa shape index (κ3) is 3.64. The van der Waals surface area contributed by atoms with Gasteiger partial charge in [0.15, 0.2) is 0 Å². The van der Waals surface area contributed by atoms with Crippen molar-refractivity contribution in [3.05, 3.63) is 82.4 Å². The van der Waals surface area contributed by atoms with Crippen LogP contribution in [-0.2, 0) is 0 Å². The summed E-state index contributed by atoms with van der Waals surface area (Å²) in [6.07, 6.45) is 3.49. The van der Waals surface area contributed by atoms with E-state index in [-0.39, 0.29) is 0 Å². The summed E-state index contributed by atoms with van der Waals surface area (Å²) in [5.74, 6) is 0. The first kappa shape index (κ1) is 17.9. The molecule has 0 aliphatic rings. The standard InChI is InChI=1S/C23H18N4S/c1-15-5-6-18(10-16(15)2)22-14-28-23(27-22)19(12-24)13-26-20-7-8-21-17(11-20)4-3-9-25-21/h3-11,13-14,26H,1-2H3. The number of allylic oxidation sites excluding steroid dienone is 1. The molecule has 0 bridgehead atoms. The average molecular weight is 382 g/mol. The molecule has 0 amide bonds. The molecule has 0 saturated carbocycles. The summed E-state index contributed by atoms with van der Waals surface area (Å²) in [5.41, 5.74) is 6.79. The van der Waals surface area contributed by atoms with Crippen molar-refractivity contribution in [2.45, 2.75) is 13.8 Å². The highest BCUT2D eigenvalue weighted by Gasteiger charge is 2.09. The van der Waals surface area contributed by atoms with Gasteiger partial charge in [-0.1, -0.05) is 18.2 Å². The lowest BCUT2D eigenvalue weighted by Gasteiger charge is -2.04. The Bertz CT molecular complexity index is 1230. The Kier molecular flexibility index (Phi) is 4.88. The van der Waals surface area contributed by atoms with E-state index in [0.29, 0.717) is 10.6 Å². The number of aryl methyl sites for hydroxylation is 2. The van der Waals surface area contributed by atoms with E-state index >= 15 is 0 Å². The molecule has 2 aromatic heterocycles. The molecule has 0 spiro atoms. The molecule has 0 atom stereocenters. The van der Waals surface area contributed by atoms with Crippen LogP contribution < -0.4 is 5.32 Å². The van der Waals surface area contributed by atoms with Crippen LogP contribution in [0, 0.1) is 25.2 Å². The van der Waals surface area contributed by atoms with Crippen LogP contribution in [0.5, 0.6) is 0 Å². The van der Waals surface area contributed by atoms with Gasteiger partial charge in [0.25, 0.3) is 0 Å². The van der Waals surface area contributed by atoms with Crippen LogP contribution in [0.1, 0.15) is 16.1 Å². The van der Waals surface area contributed by atoms with Crippen molar-refractivity contribution in [1.82, 2.24) is 9.97 Å². The summed E-state index contributed by atoms with van der Waals surface area (Å²) in [6, 6.07) is 18.4. The predicted molar refractivity (Wildman–Crippen MR) is 116 cm³/mol. The van der Waals surface area contributed by atoms with Gasteiger partial charge in [-0.15, -0.1) is 11.3 Å². The molecule has 0 unspecified atom stereocenters. The van der Waals surface area contributed by atoms with Crippen molar-refractivity contribution in [1.29, 1.82) is 5.26 Å². The minimum atomic E-state index is 0.506. The van der Waals surface area contributed by atoms with Gasteiger partial charge in [-0.2, -0.15) is 5.26 Å². The zero-order valence-electron chi connectivity index (χ0n) is 15.6. The summed E-state index contributed by atoms with van der Waals surface area (Å²) >= 11 is 1.47. The lowest BCUT2D eigenvalue weighted by Crippen LogP contribution is -1.91. The molecule has 0 saturated heterocycles. The second-order valence-corrected chi connectivity index (χ2v) is 7.42. The maximum atomic E-state index is 9.59. The van der Waals surface area contributed by atoms with Crippen LogP contribution in [-0.4, -0.2) is 9.97 Å². The molecule has 0 aliphatic heterocycles. The Morgan fingerprint density at radius 1 is 1.11 bits per heavy atom. The van der Waals surface area contributed by atoms with E-state index in [9.17, 15) is 5.26 Å². The van der Waals surface area contributed by atoms with E-state index in [1.54, 1.807) is 12.4 Å². The topological polar surface area (TPSA) is 61.6 Å². The number of rotatable bonds is 4. The maximum Gasteiger partial charge on any atom is 0.136 e. The van der Waals surface area contributed by atoms with Gasteiger partial charge in [0.2, 0.25) is 0 Å². The Morgan fingerprint density at radius 2 is 2.00 bits per heavy atom. The van der Waals surface area contributed by atoms with Gasteiger partial charge in [-0.25, -0.2) is 4.98 Å². The van der Waals surface area contributed by atoms with Crippen LogP contribution in [0.4, 0.5) is 5.69 Å². The van der Waals surface area contributed by atoms with Gasteiger partial charge < -0.3 is 5.32 Å². The van der Waals surface area contributed by atoms with Crippen LogP contribution in [0.3, 0.4) is 0 Å². The molecule has 2 aromatic carbocycles. The summed E-state index contributed by atoms with van der Waals surface area (Å²) in [5, 5.41) is 16.5. The van der Waals surface area contributed by atoms with Crippen LogP contribution in [0.2, 0.25) is 0 Å². The van der Waals surface area contributed by atoms with Crippen molar-refractivity contribution in [3.8, 4) is 17.3 Å². The molecule has 28 heavy (non-hydrogen) atoms. The molecule has 4 rings (SSSR count). The summed E-state index contributed by atoms with van der Waals surface area (Å²) in [6.45, 7) is 4.19. The monoisotopic (exact) mass is 382 g/mol. The highest BCUT2D eigenvalue weighted by Crippen LogP contribution is 2.27. The van der Waals surface area contributed by atoms with E-state index in [1.165, 1.54) is 22.5 Å². The molecular weight excluding hydrogens is 364 g/mol. The summed E-state index contributed by atoms with van der Waals surface area (Å²) < 4.78 is 0. The Labute approximate surface area is 167 Å². The van der Waals surface area contributed by atoms with Crippen molar-refractivity contribution >= 4 is 33.5 Å². The molecule has 136 valence electrons. The van der Waals surface area contributed by atoms with Gasteiger partial charge in [0, 0.05) is 34.4 Å². The first-order valence-corrected chi connectivity index (χ1v) is 9.77. The largest absolute Gasteiger partial charge is 0.360 e. The second-order valence-electron chi connectivity index (χ2n) is 6.56. The van der Waals surface area contributed by atoms with E-state index in [0.717, 1.165) is 27.8 Å². The van der Waals surface area contributed by atoms with E-state index in [1.807, 2.05) is 35.7 Å². The number of anilines is 1. The molecule has 0 fully saturated rings. The fraction of sp³-hybridized carbons (Fsp3) is 0.0870. The number of aromatic nitrogens is 2. The molecular formula is C23H18N4S. The van der Waals surface area contributed by atoms with Crippen molar-refractivity contribution in [2.24, 2.45) is 0 Å². The van der Waals surface area contributed by atoms with E-state index in [4.69, 9.17) is 0 Å². The number of pyridine rings is 1. The van der Waals surface area contributed by atoms with Gasteiger partial charge in [0.05, 0.1) is 11.2 Å². The Morgan fingerprint density at radius 3 is 2.82 bits per heavy atom. The number of nitrogens with zero attached hydrogens (tertiary/aromatic N) is 3. The molecule has 5 heteroatoms. The zero-order valence-corrected chi connectivity index (χ0v) is 16.4. The van der Waals surface area contributed by atoms with Gasteiger partial charge >= 0.3 is 0 Å². The molecule has 0 aliphatic carbocycles. The van der Waals surface area contributed by atoms with Crippen LogP contribution in [0.15, 0.2) is 66.3 Å². The smallest absolute Gasteiger partial charge is 0.136 e. The quantitative estimate of drug-likeness (QED) is 0.443. The third-order valence-electron chi connectivity index (χ3n) is 4.64. The first-order chi connectivity index (χ1) is 13.6. The normalized spacial score (nSPS) is 11.4. The highest BCUT2D eigenvalue weighted by molar-refractivity contribution is 7.11. The summed E-state index contributed by atoms with van der Waals surface area (Å²) in [7, 11) is 0. The molecule has 4 nitrogen and oxygen atoms in total. The lowest BCUT2D eigenvalue weighted by molar-refractivity contribution is 1.31. The second kappa shape index (κ2) is 7.63. The molecule has 0 radical (unpaired) electrons. The molecule has 4 aromatic rings. The SMILES string of the molecule is Cc1ccc(-c2csc(C(C#N)=CNc3ccc4ncccc4c3)n2)cc1C. The number of benzene rings is 2. The van der Waals surface area contributed by atoms with E-state index in [2.05, 4.69) is 53.4 Å². The van der Waals surface area contributed by atoms with Crippen molar-refractivity contribution in [3.63, 3.8) is 0 Å². The Hall–Kier alpha value is -3.49. The minimum Gasteiger partial charge on any atom is -0.360 e. The first-order valence-electron chi connectivity index (χ1n) is 8.89. The van der Waals surface area contributed by atoms with Gasteiger partial charge in [-0.05, 0) is 55.3 Å². The third-order valence-corrected chi connectivity index (χ3v) is 5.52. The minimum absolute atomic E-state index is 0.506. The number of hydrogen-bond donors (Lipinski definition) is 1. The Balaban J connectivity index is 1.59. The number of nitrogens with one attached hydrogen (secondary N) is 1. The number of fused-ring (bicyclic) bond motifs is 1. The fourth-order valence-corrected chi connectivity index (χ4v) is 3.69. The zero-order chi connectivity index (χ0) is 19.5. The van der Waals surface area contributed by atoms with Crippen LogP contribution >= 0.6 is 11.3 Å². The lowest BCUT2D eigenvalue weighted by atomic mass is 10.1. The number of nitriles is 1.